The Morgan fingerprint density at radius 2 is 1.68 bits per heavy atom. The summed E-state index contributed by atoms with van der Waals surface area (Å²) >= 11 is 0. The minimum atomic E-state index is -0.563. The summed E-state index contributed by atoms with van der Waals surface area (Å²) in [6.45, 7) is 4.64. The fourth-order valence-electron chi connectivity index (χ4n) is 2.52. The van der Waals surface area contributed by atoms with Gasteiger partial charge in [-0.05, 0) is 34.7 Å². The van der Waals surface area contributed by atoms with E-state index in [9.17, 15) is 9.59 Å². The Morgan fingerprint density at radius 3 is 2.40 bits per heavy atom. The zero-order valence-corrected chi connectivity index (χ0v) is 14.7. The normalized spacial score (nSPS) is 12.2. The van der Waals surface area contributed by atoms with Crippen LogP contribution in [0.3, 0.4) is 0 Å². The quantitative estimate of drug-likeness (QED) is 0.527. The maximum absolute atomic E-state index is 11.7. The first-order chi connectivity index (χ1) is 12.1. The van der Waals surface area contributed by atoms with Crippen molar-refractivity contribution in [2.75, 3.05) is 6.61 Å². The van der Waals surface area contributed by atoms with Gasteiger partial charge in [-0.15, -0.1) is 0 Å². The number of ether oxygens (including phenoxy) is 2. The summed E-state index contributed by atoms with van der Waals surface area (Å²) in [5, 5.41) is 2.23. The second kappa shape index (κ2) is 9.62. The molecular weight excluding hydrogens is 316 g/mol. The van der Waals surface area contributed by atoms with Gasteiger partial charge in [-0.2, -0.15) is 0 Å². The maximum Gasteiger partial charge on any atom is 0.331 e. The van der Waals surface area contributed by atoms with Gasteiger partial charge in [0.2, 0.25) is 0 Å². The maximum atomic E-state index is 11.7. The number of benzene rings is 2. The minimum Gasteiger partial charge on any atom is -0.462 e. The van der Waals surface area contributed by atoms with Gasteiger partial charge in [0.15, 0.2) is 0 Å². The predicted octanol–water partition coefficient (Wildman–Crippen LogP) is 4.42. The van der Waals surface area contributed by atoms with Gasteiger partial charge < -0.3 is 9.47 Å². The van der Waals surface area contributed by atoms with E-state index >= 15 is 0 Å². The molecule has 0 aromatic heterocycles. The molecule has 0 heterocycles. The lowest BCUT2D eigenvalue weighted by Gasteiger charge is -2.09. The summed E-state index contributed by atoms with van der Waals surface area (Å²) in [5.41, 5.74) is 0.899. The molecule has 2 aromatic rings. The minimum absolute atomic E-state index is 0.163. The van der Waals surface area contributed by atoms with Crippen molar-refractivity contribution in [2.24, 2.45) is 5.92 Å². The lowest BCUT2D eigenvalue weighted by atomic mass is 10.1. The van der Waals surface area contributed by atoms with Gasteiger partial charge in [0.25, 0.3) is 0 Å². The highest BCUT2D eigenvalue weighted by Crippen LogP contribution is 2.16. The largest absolute Gasteiger partial charge is 0.462 e. The van der Waals surface area contributed by atoms with Crippen LogP contribution < -0.4 is 0 Å². The van der Waals surface area contributed by atoms with Crippen LogP contribution >= 0.6 is 0 Å². The third-order valence-electron chi connectivity index (χ3n) is 3.84. The average molecular weight is 340 g/mol. The van der Waals surface area contributed by atoms with E-state index in [-0.39, 0.29) is 6.61 Å². The highest BCUT2D eigenvalue weighted by atomic mass is 16.5. The summed E-state index contributed by atoms with van der Waals surface area (Å²) < 4.78 is 10.2. The number of hydrogen-bond donors (Lipinski definition) is 0. The summed E-state index contributed by atoms with van der Waals surface area (Å²) in [7, 11) is 0. The van der Waals surface area contributed by atoms with Gasteiger partial charge in [0, 0.05) is 12.2 Å². The molecule has 0 saturated heterocycles. The molecule has 0 aliphatic carbocycles. The Hall–Kier alpha value is -2.62. The van der Waals surface area contributed by atoms with Crippen molar-refractivity contribution >= 4 is 22.7 Å². The number of fused-ring (bicyclic) bond motifs is 1. The Labute approximate surface area is 148 Å². The first-order valence-electron chi connectivity index (χ1n) is 8.57. The molecule has 0 saturated carbocycles. The second-order valence-electron chi connectivity index (χ2n) is 6.15. The van der Waals surface area contributed by atoms with E-state index < -0.39 is 11.9 Å². The van der Waals surface area contributed by atoms with Crippen molar-refractivity contribution in [1.82, 2.24) is 0 Å². The molecule has 0 radical (unpaired) electrons. The first kappa shape index (κ1) is 18.7. The predicted molar refractivity (Wildman–Crippen MR) is 97.9 cm³/mol. The second-order valence-corrected chi connectivity index (χ2v) is 6.15. The molecule has 2 aromatic carbocycles. The van der Waals surface area contributed by atoms with Crippen LogP contribution in [0.25, 0.3) is 10.8 Å². The lowest BCUT2D eigenvalue weighted by molar-refractivity contribution is -0.141. The van der Waals surface area contributed by atoms with Gasteiger partial charge in [-0.25, -0.2) is 9.59 Å². The van der Waals surface area contributed by atoms with Crippen LogP contribution in [0, 0.1) is 5.92 Å². The third kappa shape index (κ3) is 6.42. The van der Waals surface area contributed by atoms with Gasteiger partial charge in [-0.1, -0.05) is 56.7 Å². The van der Waals surface area contributed by atoms with E-state index in [1.807, 2.05) is 49.4 Å². The molecule has 132 valence electrons. The van der Waals surface area contributed by atoms with E-state index in [1.165, 1.54) is 0 Å². The highest BCUT2D eigenvalue weighted by molar-refractivity contribution is 5.91. The molecule has 0 aliphatic heterocycles. The number of rotatable bonds is 8. The number of hydrogen-bond acceptors (Lipinski definition) is 4. The summed E-state index contributed by atoms with van der Waals surface area (Å²) in [6.07, 6.45) is 4.27. The highest BCUT2D eigenvalue weighted by Gasteiger charge is 2.05. The van der Waals surface area contributed by atoms with Gasteiger partial charge >= 0.3 is 11.9 Å². The van der Waals surface area contributed by atoms with Crippen molar-refractivity contribution in [3.05, 3.63) is 60.2 Å². The van der Waals surface area contributed by atoms with Gasteiger partial charge in [0.05, 0.1) is 6.61 Å². The van der Waals surface area contributed by atoms with Crippen LogP contribution in [0.15, 0.2) is 54.6 Å². The van der Waals surface area contributed by atoms with E-state index in [0.29, 0.717) is 12.5 Å². The monoisotopic (exact) mass is 340 g/mol. The number of esters is 2. The molecular formula is C21H24O4. The molecule has 0 aliphatic rings. The first-order valence-corrected chi connectivity index (χ1v) is 8.57. The third-order valence-corrected chi connectivity index (χ3v) is 3.84. The van der Waals surface area contributed by atoms with Crippen LogP contribution in [-0.4, -0.2) is 18.5 Å². The zero-order chi connectivity index (χ0) is 18.1. The smallest absolute Gasteiger partial charge is 0.331 e. The Kier molecular flexibility index (Phi) is 7.20. The molecule has 0 amide bonds. The Morgan fingerprint density at radius 1 is 1.00 bits per heavy atom. The van der Waals surface area contributed by atoms with E-state index in [1.54, 1.807) is 0 Å². The molecule has 1 unspecified atom stereocenters. The van der Waals surface area contributed by atoms with Crippen LogP contribution in [0.1, 0.15) is 32.3 Å². The standard InChI is InChI=1S/C21H24O4/c1-3-6-16(2)14-24-20(22)11-12-21(23)25-15-17-9-10-18-7-4-5-8-19(18)13-17/h4-5,7-13,16H,3,6,14-15H2,1-2H3/b12-11+. The molecule has 25 heavy (non-hydrogen) atoms. The number of carbonyl (C=O) groups is 2. The van der Waals surface area contributed by atoms with E-state index in [4.69, 9.17) is 9.47 Å². The SMILES string of the molecule is CCCC(C)COC(=O)/C=C/C(=O)OCc1ccc2ccccc2c1. The molecule has 4 nitrogen and oxygen atoms in total. The molecule has 0 bridgehead atoms. The van der Waals surface area contributed by atoms with Crippen molar-refractivity contribution in [1.29, 1.82) is 0 Å². The molecule has 0 fully saturated rings. The fourth-order valence-corrected chi connectivity index (χ4v) is 2.52. The van der Waals surface area contributed by atoms with Gasteiger partial charge in [0.1, 0.15) is 6.61 Å². The van der Waals surface area contributed by atoms with Crippen molar-refractivity contribution in [2.45, 2.75) is 33.3 Å². The van der Waals surface area contributed by atoms with Gasteiger partial charge in [-0.3, -0.25) is 0 Å². The Balaban J connectivity index is 1.78. The number of carbonyl (C=O) groups excluding carboxylic acids is 2. The molecule has 0 N–H and O–H groups in total. The van der Waals surface area contributed by atoms with Crippen LogP contribution in [0.4, 0.5) is 0 Å². The molecule has 2 rings (SSSR count). The molecule has 4 heteroatoms. The zero-order valence-electron chi connectivity index (χ0n) is 14.7. The molecule has 1 atom stereocenters. The summed E-state index contributed by atoms with van der Waals surface area (Å²) in [4.78, 5) is 23.3. The van der Waals surface area contributed by atoms with Crippen LogP contribution in [0.5, 0.6) is 0 Å². The Bertz CT molecular complexity index is 748. The van der Waals surface area contributed by atoms with E-state index in [2.05, 4.69) is 6.92 Å². The van der Waals surface area contributed by atoms with Crippen LogP contribution in [-0.2, 0) is 25.7 Å². The van der Waals surface area contributed by atoms with Crippen molar-refractivity contribution < 1.29 is 19.1 Å². The van der Waals surface area contributed by atoms with E-state index in [0.717, 1.165) is 41.3 Å². The van der Waals surface area contributed by atoms with Crippen LogP contribution in [0.2, 0.25) is 0 Å². The van der Waals surface area contributed by atoms with Crippen molar-refractivity contribution in [3.8, 4) is 0 Å². The molecule has 0 spiro atoms. The summed E-state index contributed by atoms with van der Waals surface area (Å²) in [5.74, 6) is -0.764. The average Bonchev–Trinajstić information content (AvgIpc) is 2.63. The topological polar surface area (TPSA) is 52.6 Å². The lowest BCUT2D eigenvalue weighted by Crippen LogP contribution is -2.10. The summed E-state index contributed by atoms with van der Waals surface area (Å²) in [6, 6.07) is 13.9. The van der Waals surface area contributed by atoms with Crippen molar-refractivity contribution in [3.63, 3.8) is 0 Å². The fraction of sp³-hybridized carbons (Fsp3) is 0.333.